The zero-order valence-electron chi connectivity index (χ0n) is 11.1. The van der Waals surface area contributed by atoms with E-state index >= 15 is 0 Å². The molecule has 1 atom stereocenters. The molecule has 1 fully saturated rings. The molecule has 0 spiro atoms. The topological polar surface area (TPSA) is 37.3 Å². The number of amides is 1. The summed E-state index contributed by atoms with van der Waals surface area (Å²) in [6.45, 7) is 2.38. The van der Waals surface area contributed by atoms with Crippen molar-refractivity contribution in [3.63, 3.8) is 0 Å². The van der Waals surface area contributed by atoms with Gasteiger partial charge in [-0.05, 0) is 46.5 Å². The summed E-state index contributed by atoms with van der Waals surface area (Å²) >= 11 is 3.55. The molecule has 3 heterocycles. The van der Waals surface area contributed by atoms with Crippen molar-refractivity contribution < 1.29 is 4.79 Å². The third-order valence-electron chi connectivity index (χ3n) is 4.46. The number of carbonyl (C=O) groups is 1. The average Bonchev–Trinajstić information content (AvgIpc) is 3.06. The van der Waals surface area contributed by atoms with Gasteiger partial charge in [0.1, 0.15) is 11.4 Å². The third kappa shape index (κ3) is 1.53. The maximum Gasteiger partial charge on any atom is 0.272 e. The first-order valence-electron chi connectivity index (χ1n) is 7.01. The van der Waals surface area contributed by atoms with E-state index in [9.17, 15) is 4.79 Å². The molecular formula is C15H16BrN3O. The molecule has 104 valence electrons. The molecule has 4 nitrogen and oxygen atoms in total. The van der Waals surface area contributed by atoms with Gasteiger partial charge in [-0.2, -0.15) is 0 Å². The maximum absolute atomic E-state index is 12.8. The zero-order chi connectivity index (χ0) is 13.7. The van der Waals surface area contributed by atoms with Gasteiger partial charge in [-0.25, -0.2) is 0 Å². The lowest BCUT2D eigenvalue weighted by molar-refractivity contribution is 0.0513. The Morgan fingerprint density at radius 1 is 1.30 bits per heavy atom. The second-order valence-electron chi connectivity index (χ2n) is 5.51. The van der Waals surface area contributed by atoms with Gasteiger partial charge in [0.25, 0.3) is 5.91 Å². The van der Waals surface area contributed by atoms with Crippen LogP contribution >= 0.6 is 15.9 Å². The Labute approximate surface area is 126 Å². The number of halogens is 1. The predicted octanol–water partition coefficient (Wildman–Crippen LogP) is 2.28. The van der Waals surface area contributed by atoms with E-state index in [-0.39, 0.29) is 11.6 Å². The highest BCUT2D eigenvalue weighted by Crippen LogP contribution is 2.37. The van der Waals surface area contributed by atoms with Crippen LogP contribution in [0.3, 0.4) is 0 Å². The van der Waals surface area contributed by atoms with Crippen molar-refractivity contribution in [2.75, 3.05) is 13.1 Å². The molecule has 0 bridgehead atoms. The van der Waals surface area contributed by atoms with Crippen LogP contribution in [0, 0.1) is 0 Å². The highest BCUT2D eigenvalue weighted by Gasteiger charge is 2.50. The normalized spacial score (nSPS) is 28.4. The van der Waals surface area contributed by atoms with Gasteiger partial charge in [0, 0.05) is 13.1 Å². The van der Waals surface area contributed by atoms with Gasteiger partial charge < -0.3 is 9.47 Å². The predicted molar refractivity (Wildman–Crippen MR) is 80.4 cm³/mol. The summed E-state index contributed by atoms with van der Waals surface area (Å²) < 4.78 is 3.04. The first-order valence-corrected chi connectivity index (χ1v) is 7.81. The summed E-state index contributed by atoms with van der Waals surface area (Å²) in [5.41, 5.74) is 1.63. The van der Waals surface area contributed by atoms with Crippen LogP contribution < -0.4 is 5.32 Å². The first-order chi connectivity index (χ1) is 9.72. The standard InChI is InChI=1S/C15H16BrN3O/c16-13-7-6-12-14(20)19-9-8-17-15(19,10-18(12)13)11-4-2-1-3-5-11/h2,4-7,17H,1,3,8-10H2. The first kappa shape index (κ1) is 12.4. The SMILES string of the molecule is O=C1c2ccc(Br)n2CC2(C3=CCCC=C3)NCCN12. The van der Waals surface area contributed by atoms with Crippen molar-refractivity contribution in [2.24, 2.45) is 0 Å². The number of fused-ring (bicyclic) bond motifs is 2. The minimum atomic E-state index is -0.372. The zero-order valence-corrected chi connectivity index (χ0v) is 12.7. The minimum absolute atomic E-state index is 0.117. The Balaban J connectivity index is 1.86. The van der Waals surface area contributed by atoms with Crippen LogP contribution in [-0.2, 0) is 6.54 Å². The molecule has 0 radical (unpaired) electrons. The number of nitrogens with zero attached hydrogens (tertiary/aromatic N) is 2. The molecule has 1 unspecified atom stereocenters. The van der Waals surface area contributed by atoms with Crippen LogP contribution in [0.5, 0.6) is 0 Å². The highest BCUT2D eigenvalue weighted by molar-refractivity contribution is 9.10. The van der Waals surface area contributed by atoms with Crippen LogP contribution in [0.4, 0.5) is 0 Å². The number of hydrogen-bond acceptors (Lipinski definition) is 2. The maximum atomic E-state index is 12.8. The largest absolute Gasteiger partial charge is 0.327 e. The van der Waals surface area contributed by atoms with E-state index in [2.05, 4.69) is 44.0 Å². The van der Waals surface area contributed by atoms with E-state index in [1.807, 2.05) is 17.0 Å². The Kier molecular flexibility index (Phi) is 2.69. The van der Waals surface area contributed by atoms with E-state index < -0.39 is 0 Å². The summed E-state index contributed by atoms with van der Waals surface area (Å²) in [7, 11) is 0. The lowest BCUT2D eigenvalue weighted by Gasteiger charge is -2.44. The summed E-state index contributed by atoms with van der Waals surface area (Å²) in [6, 6.07) is 3.86. The Bertz CT molecular complexity index is 646. The molecule has 1 N–H and O–H groups in total. The molecule has 20 heavy (non-hydrogen) atoms. The van der Waals surface area contributed by atoms with Crippen molar-refractivity contribution in [3.8, 4) is 0 Å². The average molecular weight is 334 g/mol. The molecular weight excluding hydrogens is 318 g/mol. The Morgan fingerprint density at radius 3 is 3.00 bits per heavy atom. The monoisotopic (exact) mass is 333 g/mol. The van der Waals surface area contributed by atoms with Crippen molar-refractivity contribution in [1.29, 1.82) is 0 Å². The number of carbonyl (C=O) groups excluding carboxylic acids is 1. The summed E-state index contributed by atoms with van der Waals surface area (Å²) in [5, 5.41) is 3.57. The van der Waals surface area contributed by atoms with Gasteiger partial charge >= 0.3 is 0 Å². The lowest BCUT2D eigenvalue weighted by Crippen LogP contribution is -2.61. The molecule has 1 aromatic heterocycles. The molecule has 5 heteroatoms. The van der Waals surface area contributed by atoms with E-state index in [1.54, 1.807) is 0 Å². The second kappa shape index (κ2) is 4.33. The highest BCUT2D eigenvalue weighted by atomic mass is 79.9. The number of allylic oxidation sites excluding steroid dienone is 2. The quantitative estimate of drug-likeness (QED) is 0.856. The molecule has 1 aromatic rings. The van der Waals surface area contributed by atoms with Crippen LogP contribution in [0.15, 0.2) is 40.5 Å². The third-order valence-corrected chi connectivity index (χ3v) is 5.16. The van der Waals surface area contributed by atoms with Crippen LogP contribution in [0.2, 0.25) is 0 Å². The van der Waals surface area contributed by atoms with E-state index in [0.717, 1.165) is 42.8 Å². The fourth-order valence-electron chi connectivity index (χ4n) is 3.50. The fourth-order valence-corrected chi connectivity index (χ4v) is 3.95. The number of aromatic nitrogens is 1. The van der Waals surface area contributed by atoms with E-state index in [4.69, 9.17) is 0 Å². The van der Waals surface area contributed by atoms with Crippen LogP contribution in [0.1, 0.15) is 23.3 Å². The van der Waals surface area contributed by atoms with Gasteiger partial charge in [-0.15, -0.1) is 0 Å². The summed E-state index contributed by atoms with van der Waals surface area (Å²) in [4.78, 5) is 14.7. The molecule has 0 saturated carbocycles. The second-order valence-corrected chi connectivity index (χ2v) is 6.32. The van der Waals surface area contributed by atoms with E-state index in [0.29, 0.717) is 0 Å². The van der Waals surface area contributed by atoms with Gasteiger partial charge in [0.05, 0.1) is 11.1 Å². The van der Waals surface area contributed by atoms with Crippen LogP contribution in [0.25, 0.3) is 0 Å². The molecule has 3 aliphatic rings. The van der Waals surface area contributed by atoms with E-state index in [1.165, 1.54) is 5.57 Å². The summed E-state index contributed by atoms with van der Waals surface area (Å²) in [6.07, 6.45) is 8.78. The van der Waals surface area contributed by atoms with Gasteiger partial charge in [0.2, 0.25) is 0 Å². The smallest absolute Gasteiger partial charge is 0.272 e. The van der Waals surface area contributed by atoms with Crippen molar-refractivity contribution in [2.45, 2.75) is 25.0 Å². The fraction of sp³-hybridized carbons (Fsp3) is 0.400. The molecule has 0 aromatic carbocycles. The summed E-state index contributed by atoms with van der Waals surface area (Å²) in [5.74, 6) is 0.117. The van der Waals surface area contributed by atoms with Gasteiger partial charge in [-0.1, -0.05) is 18.2 Å². The van der Waals surface area contributed by atoms with Crippen molar-refractivity contribution >= 4 is 21.8 Å². The molecule has 1 aliphatic carbocycles. The number of nitrogens with one attached hydrogen (secondary N) is 1. The van der Waals surface area contributed by atoms with Gasteiger partial charge in [-0.3, -0.25) is 10.1 Å². The van der Waals surface area contributed by atoms with Crippen molar-refractivity contribution in [1.82, 2.24) is 14.8 Å². The van der Waals surface area contributed by atoms with Crippen LogP contribution in [-0.4, -0.2) is 34.1 Å². The molecule has 2 aliphatic heterocycles. The Morgan fingerprint density at radius 2 is 2.20 bits per heavy atom. The van der Waals surface area contributed by atoms with Gasteiger partial charge in [0.15, 0.2) is 0 Å². The minimum Gasteiger partial charge on any atom is -0.327 e. The molecule has 4 rings (SSSR count). The Hall–Kier alpha value is -1.33. The molecule has 1 amide bonds. The molecule has 1 saturated heterocycles. The van der Waals surface area contributed by atoms with Crippen molar-refractivity contribution in [3.05, 3.63) is 46.2 Å². The lowest BCUT2D eigenvalue weighted by atomic mass is 9.91. The number of rotatable bonds is 1. The number of hydrogen-bond donors (Lipinski definition) is 1.